The third-order valence-electron chi connectivity index (χ3n) is 3.78. The second-order valence-corrected chi connectivity index (χ2v) is 5.59. The van der Waals surface area contributed by atoms with Crippen molar-refractivity contribution in [1.29, 1.82) is 0 Å². The third-order valence-corrected chi connectivity index (χ3v) is 3.78. The van der Waals surface area contributed by atoms with E-state index in [0.717, 1.165) is 24.9 Å². The summed E-state index contributed by atoms with van der Waals surface area (Å²) in [5, 5.41) is 11.3. The molecule has 26 heavy (non-hydrogen) atoms. The summed E-state index contributed by atoms with van der Waals surface area (Å²) in [6.07, 6.45) is 7.21. The van der Waals surface area contributed by atoms with Crippen LogP contribution in [0.5, 0.6) is 5.75 Å². The van der Waals surface area contributed by atoms with Crippen LogP contribution in [0.25, 0.3) is 21.5 Å². The molecule has 0 radical (unpaired) electrons. The van der Waals surface area contributed by atoms with Crippen LogP contribution in [-0.4, -0.2) is 38.4 Å². The average Bonchev–Trinajstić information content (AvgIpc) is 3.05. The SMILES string of the molecule is CCCCNc1nc(N=[N+]=[N-])nc2cn(Cc3ccncc3OC)nc12. The minimum absolute atomic E-state index is 0.0695. The van der Waals surface area contributed by atoms with Gasteiger partial charge >= 0.3 is 0 Å². The Morgan fingerprint density at radius 2 is 2.27 bits per heavy atom. The Balaban J connectivity index is 1.97. The molecular formula is C16H19N9O. The van der Waals surface area contributed by atoms with E-state index in [-0.39, 0.29) is 5.95 Å². The molecule has 0 saturated carbocycles. The molecule has 1 N–H and O–H groups in total. The van der Waals surface area contributed by atoms with Gasteiger partial charge in [-0.15, -0.1) is 0 Å². The number of pyridine rings is 1. The van der Waals surface area contributed by atoms with Crippen LogP contribution in [0.3, 0.4) is 0 Å². The van der Waals surface area contributed by atoms with Crippen LogP contribution < -0.4 is 10.1 Å². The number of ether oxygens (including phenoxy) is 1. The minimum Gasteiger partial charge on any atom is -0.495 e. The van der Waals surface area contributed by atoms with Crippen LogP contribution in [-0.2, 0) is 6.54 Å². The van der Waals surface area contributed by atoms with Crippen LogP contribution in [0.4, 0.5) is 11.8 Å². The number of hydrogen-bond acceptors (Lipinski definition) is 7. The standard InChI is InChI=1S/C16H19N9O/c1-3-4-6-19-15-14-12(20-16(21-15)22-24-17)10-25(23-14)9-11-5-7-18-8-13(11)26-2/h5,7-8,10H,3-4,6,9H2,1-2H3,(H,19,20,21). The van der Waals surface area contributed by atoms with E-state index < -0.39 is 0 Å². The second-order valence-electron chi connectivity index (χ2n) is 5.59. The first-order valence-electron chi connectivity index (χ1n) is 8.26. The van der Waals surface area contributed by atoms with Crippen molar-refractivity contribution in [1.82, 2.24) is 24.7 Å². The van der Waals surface area contributed by atoms with Crippen molar-refractivity contribution in [3.63, 3.8) is 0 Å². The van der Waals surface area contributed by atoms with Gasteiger partial charge in [-0.3, -0.25) is 9.67 Å². The van der Waals surface area contributed by atoms with Gasteiger partial charge in [0.1, 0.15) is 11.3 Å². The average molecular weight is 353 g/mol. The number of methoxy groups -OCH3 is 1. The quantitative estimate of drug-likeness (QED) is 0.286. The van der Waals surface area contributed by atoms with Gasteiger partial charge in [0.05, 0.1) is 26.0 Å². The zero-order chi connectivity index (χ0) is 18.4. The zero-order valence-corrected chi connectivity index (χ0v) is 14.6. The van der Waals surface area contributed by atoms with E-state index in [1.165, 1.54) is 0 Å². The maximum Gasteiger partial charge on any atom is 0.219 e. The number of anilines is 1. The molecule has 3 heterocycles. The summed E-state index contributed by atoms with van der Waals surface area (Å²) in [5.41, 5.74) is 10.9. The molecule has 3 aromatic heterocycles. The molecule has 0 atom stereocenters. The molecular weight excluding hydrogens is 334 g/mol. The number of unbranched alkanes of at least 4 members (excludes halogenated alkanes) is 1. The highest BCUT2D eigenvalue weighted by Gasteiger charge is 2.13. The number of azide groups is 1. The lowest BCUT2D eigenvalue weighted by molar-refractivity contribution is 0.405. The molecule has 0 fully saturated rings. The Labute approximate surface area is 149 Å². The molecule has 0 aliphatic rings. The van der Waals surface area contributed by atoms with E-state index in [0.29, 0.717) is 29.1 Å². The fourth-order valence-electron chi connectivity index (χ4n) is 2.52. The van der Waals surface area contributed by atoms with E-state index in [1.54, 1.807) is 30.4 Å². The van der Waals surface area contributed by atoms with E-state index in [4.69, 9.17) is 10.3 Å². The van der Waals surface area contributed by atoms with Crippen LogP contribution >= 0.6 is 0 Å². The topological polar surface area (TPSA) is 127 Å². The van der Waals surface area contributed by atoms with Gasteiger partial charge in [0.15, 0.2) is 11.3 Å². The fourth-order valence-corrected chi connectivity index (χ4v) is 2.52. The Hall–Kier alpha value is -3.39. The second kappa shape index (κ2) is 8.13. The molecule has 0 aromatic carbocycles. The minimum atomic E-state index is 0.0695. The lowest BCUT2D eigenvalue weighted by Gasteiger charge is -2.07. The van der Waals surface area contributed by atoms with Crippen LogP contribution in [0.2, 0.25) is 0 Å². The first-order chi connectivity index (χ1) is 12.7. The van der Waals surface area contributed by atoms with Crippen molar-refractivity contribution < 1.29 is 4.74 Å². The summed E-state index contributed by atoms with van der Waals surface area (Å²) < 4.78 is 7.08. The Morgan fingerprint density at radius 1 is 1.38 bits per heavy atom. The summed E-state index contributed by atoms with van der Waals surface area (Å²) in [6.45, 7) is 3.36. The summed E-state index contributed by atoms with van der Waals surface area (Å²) in [4.78, 5) is 15.3. The van der Waals surface area contributed by atoms with Gasteiger partial charge in [-0.25, -0.2) is 9.97 Å². The highest BCUT2D eigenvalue weighted by Crippen LogP contribution is 2.23. The molecule has 0 spiro atoms. The van der Waals surface area contributed by atoms with Crippen LogP contribution in [0.15, 0.2) is 29.8 Å². The number of fused-ring (bicyclic) bond motifs is 1. The van der Waals surface area contributed by atoms with Gasteiger partial charge in [-0.2, -0.15) is 5.10 Å². The van der Waals surface area contributed by atoms with Crippen molar-refractivity contribution in [2.45, 2.75) is 26.3 Å². The van der Waals surface area contributed by atoms with Crippen molar-refractivity contribution in [2.24, 2.45) is 5.11 Å². The van der Waals surface area contributed by atoms with E-state index in [2.05, 4.69) is 42.3 Å². The monoisotopic (exact) mass is 353 g/mol. The third kappa shape index (κ3) is 3.81. The molecule has 0 aliphatic carbocycles. The molecule has 10 nitrogen and oxygen atoms in total. The normalized spacial score (nSPS) is 10.5. The number of aromatic nitrogens is 5. The van der Waals surface area contributed by atoms with Gasteiger partial charge in [0, 0.05) is 23.2 Å². The first kappa shape index (κ1) is 17.4. The molecule has 0 aliphatic heterocycles. The molecule has 3 aromatic rings. The van der Waals surface area contributed by atoms with E-state index in [1.807, 2.05) is 6.07 Å². The smallest absolute Gasteiger partial charge is 0.219 e. The van der Waals surface area contributed by atoms with E-state index in [9.17, 15) is 0 Å². The number of nitrogens with one attached hydrogen (secondary N) is 1. The van der Waals surface area contributed by atoms with Gasteiger partial charge in [0.2, 0.25) is 5.95 Å². The highest BCUT2D eigenvalue weighted by molar-refractivity contribution is 5.85. The number of hydrogen-bond donors (Lipinski definition) is 1. The van der Waals surface area contributed by atoms with Crippen molar-refractivity contribution >= 4 is 22.8 Å². The molecule has 0 saturated heterocycles. The molecule has 0 bridgehead atoms. The summed E-state index contributed by atoms with van der Waals surface area (Å²) in [7, 11) is 1.60. The number of rotatable bonds is 8. The summed E-state index contributed by atoms with van der Waals surface area (Å²) in [5.74, 6) is 1.32. The van der Waals surface area contributed by atoms with Crippen molar-refractivity contribution in [3.05, 3.63) is 40.7 Å². The van der Waals surface area contributed by atoms with Crippen molar-refractivity contribution in [2.75, 3.05) is 19.0 Å². The number of nitrogens with zero attached hydrogens (tertiary/aromatic N) is 8. The van der Waals surface area contributed by atoms with Gasteiger partial charge < -0.3 is 10.1 Å². The predicted octanol–water partition coefficient (Wildman–Crippen LogP) is 3.43. The maximum absolute atomic E-state index is 8.67. The van der Waals surface area contributed by atoms with Crippen LogP contribution in [0, 0.1) is 0 Å². The van der Waals surface area contributed by atoms with Gasteiger partial charge in [0.25, 0.3) is 0 Å². The largest absolute Gasteiger partial charge is 0.495 e. The Morgan fingerprint density at radius 3 is 3.04 bits per heavy atom. The van der Waals surface area contributed by atoms with Crippen molar-refractivity contribution in [3.8, 4) is 5.75 Å². The maximum atomic E-state index is 8.67. The Bertz CT molecular complexity index is 946. The lowest BCUT2D eigenvalue weighted by atomic mass is 10.2. The first-order valence-corrected chi connectivity index (χ1v) is 8.26. The highest BCUT2D eigenvalue weighted by atomic mass is 16.5. The Kier molecular flexibility index (Phi) is 5.45. The van der Waals surface area contributed by atoms with Gasteiger partial charge in [-0.05, 0) is 23.1 Å². The molecule has 134 valence electrons. The molecule has 3 rings (SSSR count). The zero-order valence-electron chi connectivity index (χ0n) is 14.6. The van der Waals surface area contributed by atoms with Crippen LogP contribution in [0.1, 0.15) is 25.3 Å². The molecule has 0 unspecified atom stereocenters. The molecule has 10 heteroatoms. The predicted molar refractivity (Wildman–Crippen MR) is 97.4 cm³/mol. The van der Waals surface area contributed by atoms with Gasteiger partial charge in [-0.1, -0.05) is 13.3 Å². The molecule has 0 amide bonds. The fraction of sp³-hybridized carbons (Fsp3) is 0.375. The lowest BCUT2D eigenvalue weighted by Crippen LogP contribution is -2.05. The summed E-state index contributed by atoms with van der Waals surface area (Å²) >= 11 is 0. The van der Waals surface area contributed by atoms with E-state index >= 15 is 0 Å². The summed E-state index contributed by atoms with van der Waals surface area (Å²) in [6, 6.07) is 1.88.